The predicted octanol–water partition coefficient (Wildman–Crippen LogP) is 5.31. The Morgan fingerprint density at radius 2 is 1.94 bits per heavy atom. The molecule has 2 aromatic carbocycles. The Balaban J connectivity index is 1.63. The number of thiophene rings is 1. The fourth-order valence-corrected chi connectivity index (χ4v) is 6.31. The zero-order chi connectivity index (χ0) is 22.1. The van der Waals surface area contributed by atoms with Gasteiger partial charge in [-0.05, 0) is 43.4 Å². The van der Waals surface area contributed by atoms with Gasteiger partial charge in [-0.25, -0.2) is 4.98 Å². The number of hydrogen-bond acceptors (Lipinski definition) is 6. The second-order valence-corrected chi connectivity index (χ2v) is 9.73. The van der Waals surface area contributed by atoms with Crippen molar-refractivity contribution in [2.75, 3.05) is 12.9 Å². The lowest BCUT2D eigenvalue weighted by molar-refractivity contribution is 0.102. The minimum atomic E-state index is -0.0719. The quantitative estimate of drug-likeness (QED) is 0.221. The van der Waals surface area contributed by atoms with Gasteiger partial charge in [-0.3, -0.25) is 14.2 Å². The van der Waals surface area contributed by atoms with Crippen LogP contribution in [0.15, 0.2) is 64.5 Å². The number of hydrogen-bond donors (Lipinski definition) is 0. The van der Waals surface area contributed by atoms with Gasteiger partial charge in [0.15, 0.2) is 10.9 Å². The number of ether oxygens (including phenoxy) is 1. The number of carbonyl (C=O) groups is 1. The maximum Gasteiger partial charge on any atom is 0.267 e. The van der Waals surface area contributed by atoms with Crippen LogP contribution in [-0.4, -0.2) is 28.2 Å². The molecule has 0 fully saturated rings. The summed E-state index contributed by atoms with van der Waals surface area (Å²) in [5.41, 5.74) is 2.43. The highest BCUT2D eigenvalue weighted by Crippen LogP contribution is 2.35. The van der Waals surface area contributed by atoms with E-state index in [0.717, 1.165) is 41.5 Å². The number of methoxy groups -OCH3 is 1. The standard InChI is InChI=1S/C25H22N2O3S2/c1-30-18-11-7-10-17(14-18)27-24(29)22-19-12-5-6-13-21(19)32-23(22)26-25(27)31-15-20(28)16-8-3-2-4-9-16/h2-4,7-11,14H,5-6,12-13,15H2,1H3. The summed E-state index contributed by atoms with van der Waals surface area (Å²) in [6.45, 7) is 0. The van der Waals surface area contributed by atoms with E-state index < -0.39 is 0 Å². The zero-order valence-corrected chi connectivity index (χ0v) is 19.3. The van der Waals surface area contributed by atoms with Crippen molar-refractivity contribution in [2.24, 2.45) is 0 Å². The Morgan fingerprint density at radius 3 is 2.75 bits per heavy atom. The van der Waals surface area contributed by atoms with Crippen molar-refractivity contribution < 1.29 is 9.53 Å². The van der Waals surface area contributed by atoms with Gasteiger partial charge >= 0.3 is 0 Å². The Labute approximate surface area is 194 Å². The average molecular weight is 463 g/mol. The highest BCUT2D eigenvalue weighted by Gasteiger charge is 2.23. The normalized spacial score (nSPS) is 13.2. The second-order valence-electron chi connectivity index (χ2n) is 7.71. The van der Waals surface area contributed by atoms with E-state index in [2.05, 4.69) is 0 Å². The zero-order valence-electron chi connectivity index (χ0n) is 17.7. The third-order valence-electron chi connectivity index (χ3n) is 5.70. The molecular formula is C25H22N2O3S2. The lowest BCUT2D eigenvalue weighted by Gasteiger charge is -2.14. The van der Waals surface area contributed by atoms with Crippen molar-refractivity contribution in [1.29, 1.82) is 0 Å². The number of carbonyl (C=O) groups excluding carboxylic acids is 1. The lowest BCUT2D eigenvalue weighted by atomic mass is 9.97. The largest absolute Gasteiger partial charge is 0.497 e. The molecule has 0 spiro atoms. The molecule has 0 bridgehead atoms. The first kappa shape index (κ1) is 21.0. The fraction of sp³-hybridized carbons (Fsp3) is 0.240. The van der Waals surface area contributed by atoms with Gasteiger partial charge in [0, 0.05) is 16.5 Å². The molecule has 0 N–H and O–H groups in total. The van der Waals surface area contributed by atoms with E-state index in [4.69, 9.17) is 9.72 Å². The maximum absolute atomic E-state index is 13.8. The molecule has 0 saturated heterocycles. The van der Waals surface area contributed by atoms with Crippen LogP contribution in [-0.2, 0) is 12.8 Å². The molecule has 2 aromatic heterocycles. The van der Waals surface area contributed by atoms with Crippen LogP contribution in [0.2, 0.25) is 0 Å². The predicted molar refractivity (Wildman–Crippen MR) is 130 cm³/mol. The third-order valence-corrected chi connectivity index (χ3v) is 7.82. The summed E-state index contributed by atoms with van der Waals surface area (Å²) in [5.74, 6) is 0.877. The molecule has 7 heteroatoms. The first-order valence-electron chi connectivity index (χ1n) is 10.6. The molecule has 0 saturated carbocycles. The Morgan fingerprint density at radius 1 is 1.12 bits per heavy atom. The molecule has 0 amide bonds. The first-order valence-corrected chi connectivity index (χ1v) is 12.4. The number of rotatable bonds is 6. The molecule has 5 rings (SSSR count). The van der Waals surface area contributed by atoms with Gasteiger partial charge in [-0.2, -0.15) is 0 Å². The molecule has 0 radical (unpaired) electrons. The van der Waals surface area contributed by atoms with Crippen LogP contribution in [0.4, 0.5) is 0 Å². The number of Topliss-reactive ketones (excluding diaryl/α,β-unsaturated/α-hetero) is 1. The van der Waals surface area contributed by atoms with Crippen molar-refractivity contribution in [1.82, 2.24) is 9.55 Å². The lowest BCUT2D eigenvalue weighted by Crippen LogP contribution is -2.22. The number of aromatic nitrogens is 2. The number of ketones is 1. The van der Waals surface area contributed by atoms with Crippen molar-refractivity contribution in [2.45, 2.75) is 30.8 Å². The maximum atomic E-state index is 13.8. The summed E-state index contributed by atoms with van der Waals surface area (Å²) < 4.78 is 7.01. The number of thioether (sulfide) groups is 1. The summed E-state index contributed by atoms with van der Waals surface area (Å²) in [4.78, 5) is 33.4. The van der Waals surface area contributed by atoms with E-state index in [1.807, 2.05) is 54.6 Å². The van der Waals surface area contributed by atoms with Crippen molar-refractivity contribution in [3.8, 4) is 11.4 Å². The third kappa shape index (κ3) is 3.87. The summed E-state index contributed by atoms with van der Waals surface area (Å²) in [6.07, 6.45) is 4.17. The topological polar surface area (TPSA) is 61.2 Å². The summed E-state index contributed by atoms with van der Waals surface area (Å²) in [7, 11) is 1.60. The summed E-state index contributed by atoms with van der Waals surface area (Å²) in [5, 5.41) is 1.25. The highest BCUT2D eigenvalue weighted by molar-refractivity contribution is 7.99. The molecular weight excluding hydrogens is 440 g/mol. The Kier molecular flexibility index (Phi) is 5.85. The highest BCUT2D eigenvalue weighted by atomic mass is 32.2. The van der Waals surface area contributed by atoms with Crippen LogP contribution in [0.25, 0.3) is 15.9 Å². The molecule has 5 nitrogen and oxygen atoms in total. The van der Waals surface area contributed by atoms with Crippen molar-refractivity contribution in [3.05, 3.63) is 81.0 Å². The minimum absolute atomic E-state index is 0.00705. The number of fused-ring (bicyclic) bond motifs is 3. The molecule has 2 heterocycles. The first-order chi connectivity index (χ1) is 15.7. The smallest absolute Gasteiger partial charge is 0.267 e. The van der Waals surface area contributed by atoms with Crippen LogP contribution in [0.5, 0.6) is 5.75 Å². The average Bonchev–Trinajstić information content (AvgIpc) is 3.21. The molecule has 0 atom stereocenters. The van der Waals surface area contributed by atoms with Crippen LogP contribution in [0.3, 0.4) is 0 Å². The summed E-state index contributed by atoms with van der Waals surface area (Å²) in [6, 6.07) is 16.6. The Bertz CT molecular complexity index is 1360. The van der Waals surface area contributed by atoms with Gasteiger partial charge in [0.25, 0.3) is 5.56 Å². The molecule has 1 aliphatic rings. The van der Waals surface area contributed by atoms with Gasteiger partial charge in [0.1, 0.15) is 10.6 Å². The van der Waals surface area contributed by atoms with E-state index in [1.54, 1.807) is 23.0 Å². The Hall–Kier alpha value is -2.90. The van der Waals surface area contributed by atoms with Crippen molar-refractivity contribution >= 4 is 39.1 Å². The van der Waals surface area contributed by atoms with E-state index in [0.29, 0.717) is 22.2 Å². The number of aryl methyl sites for hydroxylation is 2. The van der Waals surface area contributed by atoms with Gasteiger partial charge in [0.05, 0.1) is 23.9 Å². The minimum Gasteiger partial charge on any atom is -0.497 e. The molecule has 0 aliphatic heterocycles. The van der Waals surface area contributed by atoms with Gasteiger partial charge in [-0.1, -0.05) is 48.2 Å². The molecule has 162 valence electrons. The second kappa shape index (κ2) is 8.92. The fourth-order valence-electron chi connectivity index (χ4n) is 4.10. The SMILES string of the molecule is COc1cccc(-n2c(SCC(=O)c3ccccc3)nc3sc4c(c3c2=O)CCCC4)c1. The monoisotopic (exact) mass is 462 g/mol. The van der Waals surface area contributed by atoms with Gasteiger partial charge in [0.2, 0.25) is 0 Å². The number of benzene rings is 2. The number of nitrogens with zero attached hydrogens (tertiary/aromatic N) is 2. The van der Waals surface area contributed by atoms with E-state index >= 15 is 0 Å². The van der Waals surface area contributed by atoms with Gasteiger partial charge in [-0.15, -0.1) is 11.3 Å². The van der Waals surface area contributed by atoms with Gasteiger partial charge < -0.3 is 4.74 Å². The van der Waals surface area contributed by atoms with E-state index in [9.17, 15) is 9.59 Å². The van der Waals surface area contributed by atoms with Crippen LogP contribution < -0.4 is 10.3 Å². The molecule has 32 heavy (non-hydrogen) atoms. The molecule has 1 aliphatic carbocycles. The molecule has 0 unspecified atom stereocenters. The molecule has 4 aromatic rings. The van der Waals surface area contributed by atoms with Crippen LogP contribution in [0, 0.1) is 0 Å². The van der Waals surface area contributed by atoms with Crippen LogP contribution >= 0.6 is 23.1 Å². The summed E-state index contributed by atoms with van der Waals surface area (Å²) >= 11 is 2.92. The van der Waals surface area contributed by atoms with E-state index in [1.165, 1.54) is 16.6 Å². The van der Waals surface area contributed by atoms with E-state index in [-0.39, 0.29) is 17.1 Å². The van der Waals surface area contributed by atoms with Crippen molar-refractivity contribution in [3.63, 3.8) is 0 Å². The van der Waals surface area contributed by atoms with Crippen LogP contribution in [0.1, 0.15) is 33.6 Å².